The molecule has 1 nitrogen and oxygen atoms in total. The Balaban J connectivity index is 1.76. The van der Waals surface area contributed by atoms with Gasteiger partial charge in [0.1, 0.15) is 5.76 Å². The second-order valence-electron chi connectivity index (χ2n) is 5.37. The molecule has 0 spiro atoms. The number of ether oxygens (including phenoxy) is 1. The highest BCUT2D eigenvalue weighted by molar-refractivity contribution is 8.08. The number of hydrogen-bond acceptors (Lipinski definition) is 2. The standard InChI is InChI=1S/C21H16OS/c1-4-10-16(11-5-1)19-20(17-12-6-2-7-13-17)23-21(22-19)18-14-8-3-9-15-18/h1-15,21H. The topological polar surface area (TPSA) is 9.23 Å². The summed E-state index contributed by atoms with van der Waals surface area (Å²) in [4.78, 5) is 1.20. The molecule has 3 aromatic rings. The first-order chi connectivity index (χ1) is 11.4. The molecule has 2 heteroatoms. The van der Waals surface area contributed by atoms with Crippen LogP contribution in [0.2, 0.25) is 0 Å². The highest BCUT2D eigenvalue weighted by Crippen LogP contribution is 2.52. The van der Waals surface area contributed by atoms with Crippen LogP contribution in [0.25, 0.3) is 10.7 Å². The van der Waals surface area contributed by atoms with Crippen LogP contribution < -0.4 is 0 Å². The minimum Gasteiger partial charge on any atom is -0.473 e. The van der Waals surface area contributed by atoms with Crippen molar-refractivity contribution < 1.29 is 4.74 Å². The maximum atomic E-state index is 6.34. The molecule has 3 aromatic carbocycles. The summed E-state index contributed by atoms with van der Waals surface area (Å²) < 4.78 is 6.34. The Labute approximate surface area is 140 Å². The van der Waals surface area contributed by atoms with Gasteiger partial charge in [-0.05, 0) is 5.56 Å². The maximum absolute atomic E-state index is 6.34. The zero-order valence-corrected chi connectivity index (χ0v) is 13.4. The van der Waals surface area contributed by atoms with Crippen molar-refractivity contribution in [1.82, 2.24) is 0 Å². The van der Waals surface area contributed by atoms with E-state index >= 15 is 0 Å². The maximum Gasteiger partial charge on any atom is 0.174 e. The van der Waals surface area contributed by atoms with Gasteiger partial charge in [-0.15, -0.1) is 0 Å². The van der Waals surface area contributed by atoms with Crippen LogP contribution in [0.15, 0.2) is 91.0 Å². The molecular weight excluding hydrogens is 300 g/mol. The quantitative estimate of drug-likeness (QED) is 0.588. The molecule has 0 amide bonds. The van der Waals surface area contributed by atoms with Crippen LogP contribution in [-0.2, 0) is 4.74 Å². The number of thioether (sulfide) groups is 1. The van der Waals surface area contributed by atoms with Gasteiger partial charge in [0.25, 0.3) is 0 Å². The summed E-state index contributed by atoms with van der Waals surface area (Å²) in [5, 5.41) is 0. The van der Waals surface area contributed by atoms with Crippen molar-refractivity contribution in [2.75, 3.05) is 0 Å². The number of hydrogen-bond donors (Lipinski definition) is 0. The van der Waals surface area contributed by atoms with Gasteiger partial charge in [0.05, 0.1) is 4.91 Å². The first-order valence-corrected chi connectivity index (χ1v) is 8.53. The Hall–Kier alpha value is -2.45. The molecule has 1 aliphatic heterocycles. The average molecular weight is 316 g/mol. The fourth-order valence-electron chi connectivity index (χ4n) is 2.67. The van der Waals surface area contributed by atoms with Crippen molar-refractivity contribution >= 4 is 22.4 Å². The Morgan fingerprint density at radius 3 is 1.74 bits per heavy atom. The van der Waals surface area contributed by atoms with Crippen molar-refractivity contribution in [1.29, 1.82) is 0 Å². The molecule has 0 aromatic heterocycles. The molecule has 1 unspecified atom stereocenters. The van der Waals surface area contributed by atoms with Crippen LogP contribution in [0.4, 0.5) is 0 Å². The third kappa shape index (κ3) is 2.90. The van der Waals surface area contributed by atoms with Gasteiger partial charge in [-0.2, -0.15) is 0 Å². The van der Waals surface area contributed by atoms with E-state index in [0.717, 1.165) is 11.3 Å². The summed E-state index contributed by atoms with van der Waals surface area (Å²) in [7, 11) is 0. The number of benzene rings is 3. The van der Waals surface area contributed by atoms with Crippen molar-refractivity contribution in [3.05, 3.63) is 108 Å². The third-order valence-electron chi connectivity index (χ3n) is 3.80. The normalized spacial score (nSPS) is 17.1. The SMILES string of the molecule is c1ccc(C2=C(c3ccccc3)SC(c3ccccc3)O2)cc1. The fourth-order valence-corrected chi connectivity index (χ4v) is 3.87. The molecule has 0 fully saturated rings. The lowest BCUT2D eigenvalue weighted by Gasteiger charge is -2.12. The minimum absolute atomic E-state index is 0.00149. The summed E-state index contributed by atoms with van der Waals surface area (Å²) in [6.07, 6.45) is 0. The van der Waals surface area contributed by atoms with E-state index in [-0.39, 0.29) is 5.44 Å². The predicted octanol–water partition coefficient (Wildman–Crippen LogP) is 5.97. The Bertz CT molecular complexity index is 759. The molecule has 23 heavy (non-hydrogen) atoms. The van der Waals surface area contributed by atoms with E-state index in [1.165, 1.54) is 16.0 Å². The van der Waals surface area contributed by atoms with Gasteiger partial charge >= 0.3 is 0 Å². The second kappa shape index (κ2) is 6.35. The first kappa shape index (κ1) is 14.2. The molecule has 0 saturated carbocycles. The molecule has 4 rings (SSSR count). The van der Waals surface area contributed by atoms with Crippen molar-refractivity contribution in [3.8, 4) is 0 Å². The van der Waals surface area contributed by atoms with E-state index in [1.54, 1.807) is 11.8 Å². The molecular formula is C21H16OS. The Kier molecular flexibility index (Phi) is 3.91. The van der Waals surface area contributed by atoms with Crippen LogP contribution in [-0.4, -0.2) is 0 Å². The lowest BCUT2D eigenvalue weighted by atomic mass is 10.1. The molecule has 0 saturated heterocycles. The smallest absolute Gasteiger partial charge is 0.174 e. The van der Waals surface area contributed by atoms with E-state index in [1.807, 2.05) is 18.2 Å². The predicted molar refractivity (Wildman–Crippen MR) is 97.6 cm³/mol. The average Bonchev–Trinajstić information content (AvgIpc) is 3.09. The van der Waals surface area contributed by atoms with E-state index in [4.69, 9.17) is 4.74 Å². The third-order valence-corrected chi connectivity index (χ3v) is 5.04. The summed E-state index contributed by atoms with van der Waals surface area (Å²) in [6.45, 7) is 0. The lowest BCUT2D eigenvalue weighted by Crippen LogP contribution is -1.93. The van der Waals surface area contributed by atoms with Gasteiger partial charge < -0.3 is 4.74 Å². The molecule has 1 heterocycles. The molecule has 1 aliphatic rings. The van der Waals surface area contributed by atoms with E-state index < -0.39 is 0 Å². The summed E-state index contributed by atoms with van der Waals surface area (Å²) in [6, 6.07) is 31.2. The van der Waals surface area contributed by atoms with E-state index in [2.05, 4.69) is 72.8 Å². The Morgan fingerprint density at radius 1 is 0.609 bits per heavy atom. The molecule has 0 bridgehead atoms. The van der Waals surface area contributed by atoms with Crippen LogP contribution >= 0.6 is 11.8 Å². The molecule has 112 valence electrons. The first-order valence-electron chi connectivity index (χ1n) is 7.65. The van der Waals surface area contributed by atoms with Gasteiger partial charge in [-0.25, -0.2) is 0 Å². The fraction of sp³-hybridized carbons (Fsp3) is 0.0476. The molecule has 0 N–H and O–H groups in total. The molecule has 1 atom stereocenters. The van der Waals surface area contributed by atoms with Gasteiger partial charge in [0.2, 0.25) is 0 Å². The highest BCUT2D eigenvalue weighted by atomic mass is 32.2. The monoisotopic (exact) mass is 316 g/mol. The largest absolute Gasteiger partial charge is 0.473 e. The van der Waals surface area contributed by atoms with Gasteiger partial charge in [-0.1, -0.05) is 103 Å². The van der Waals surface area contributed by atoms with Crippen molar-refractivity contribution in [3.63, 3.8) is 0 Å². The van der Waals surface area contributed by atoms with Crippen LogP contribution in [0.5, 0.6) is 0 Å². The van der Waals surface area contributed by atoms with Crippen LogP contribution in [0, 0.1) is 0 Å². The second-order valence-corrected chi connectivity index (χ2v) is 6.44. The highest BCUT2D eigenvalue weighted by Gasteiger charge is 2.29. The van der Waals surface area contributed by atoms with Gasteiger partial charge in [0, 0.05) is 11.1 Å². The van der Waals surface area contributed by atoms with Crippen molar-refractivity contribution in [2.45, 2.75) is 5.44 Å². The zero-order valence-electron chi connectivity index (χ0n) is 12.6. The molecule has 0 aliphatic carbocycles. The van der Waals surface area contributed by atoms with Crippen LogP contribution in [0.1, 0.15) is 22.1 Å². The Morgan fingerprint density at radius 2 is 1.13 bits per heavy atom. The summed E-state index contributed by atoms with van der Waals surface area (Å²) in [5.74, 6) is 0.968. The molecule has 0 radical (unpaired) electrons. The van der Waals surface area contributed by atoms with E-state index in [0.29, 0.717) is 0 Å². The zero-order chi connectivity index (χ0) is 15.5. The number of rotatable bonds is 3. The summed E-state index contributed by atoms with van der Waals surface area (Å²) in [5.41, 5.74) is 3.52. The van der Waals surface area contributed by atoms with Gasteiger partial charge in [-0.3, -0.25) is 0 Å². The summed E-state index contributed by atoms with van der Waals surface area (Å²) >= 11 is 1.78. The van der Waals surface area contributed by atoms with Gasteiger partial charge in [0.15, 0.2) is 5.44 Å². The van der Waals surface area contributed by atoms with Crippen molar-refractivity contribution in [2.24, 2.45) is 0 Å². The van der Waals surface area contributed by atoms with Crippen LogP contribution in [0.3, 0.4) is 0 Å². The van der Waals surface area contributed by atoms with E-state index in [9.17, 15) is 0 Å². The minimum atomic E-state index is 0.00149. The lowest BCUT2D eigenvalue weighted by molar-refractivity contribution is 0.262.